The minimum atomic E-state index is 0.751. The smallest absolute Gasteiger partial charge is 0.207 e. The largest absolute Gasteiger partial charge is 0.497 e. The number of allylic oxidation sites excluding steroid dienone is 1. The maximum Gasteiger partial charge on any atom is 0.207 e. The third-order valence-corrected chi connectivity index (χ3v) is 6.67. The van der Waals surface area contributed by atoms with Gasteiger partial charge in [-0.05, 0) is 73.6 Å². The molecule has 1 aromatic carbocycles. The number of rotatable bonds is 11. The number of unbranched alkanes of at least 4 members (excludes halogenated alkanes) is 2. The molecule has 0 unspecified atom stereocenters. The number of carbonyl (C=O) groups is 1. The third-order valence-electron chi connectivity index (χ3n) is 6.67. The number of aromatic nitrogens is 4. The van der Waals surface area contributed by atoms with Crippen LogP contribution in [0.15, 0.2) is 55.0 Å². The fourth-order valence-electron chi connectivity index (χ4n) is 4.78. The van der Waals surface area contributed by atoms with Crippen LogP contribution in [-0.4, -0.2) is 39.4 Å². The normalized spacial score (nSPS) is 12.9. The lowest BCUT2D eigenvalue weighted by molar-refractivity contribution is -0.109. The van der Waals surface area contributed by atoms with Gasteiger partial charge in [0.05, 0.1) is 19.9 Å². The molecule has 0 bridgehead atoms. The van der Waals surface area contributed by atoms with Crippen molar-refractivity contribution in [1.82, 2.24) is 24.6 Å². The highest BCUT2D eigenvalue weighted by molar-refractivity contribution is 5.84. The quantitative estimate of drug-likeness (QED) is 0.255. The zero-order valence-corrected chi connectivity index (χ0v) is 20.1. The maximum atomic E-state index is 10.3. The SMILES string of the molecule is COc1ccc(Cn2ncc3c2CCC(n2ccc4cc(CCCCCNC=O)cnc42)=C3)cc1. The second-order valence-electron chi connectivity index (χ2n) is 9.01. The molecule has 1 N–H and O–H groups in total. The molecule has 0 fully saturated rings. The summed E-state index contributed by atoms with van der Waals surface area (Å²) in [5, 5.41) is 8.56. The van der Waals surface area contributed by atoms with Gasteiger partial charge < -0.3 is 14.6 Å². The molecule has 180 valence electrons. The molecule has 3 heterocycles. The first-order chi connectivity index (χ1) is 17.2. The van der Waals surface area contributed by atoms with E-state index in [1.165, 1.54) is 33.5 Å². The zero-order valence-electron chi connectivity index (χ0n) is 20.1. The van der Waals surface area contributed by atoms with Gasteiger partial charge in [0.15, 0.2) is 0 Å². The van der Waals surface area contributed by atoms with Gasteiger partial charge in [0.2, 0.25) is 6.41 Å². The van der Waals surface area contributed by atoms with Crippen molar-refractivity contribution < 1.29 is 9.53 Å². The Labute approximate surface area is 205 Å². The van der Waals surface area contributed by atoms with E-state index in [9.17, 15) is 4.79 Å². The monoisotopic (exact) mass is 469 g/mol. The van der Waals surface area contributed by atoms with Crippen molar-refractivity contribution in [2.45, 2.75) is 45.1 Å². The molecule has 3 aromatic heterocycles. The summed E-state index contributed by atoms with van der Waals surface area (Å²) in [5.74, 6) is 0.868. The minimum Gasteiger partial charge on any atom is -0.497 e. The highest BCUT2D eigenvalue weighted by atomic mass is 16.5. The molecule has 0 radical (unpaired) electrons. The van der Waals surface area contributed by atoms with Gasteiger partial charge in [0.1, 0.15) is 11.4 Å². The first kappa shape index (κ1) is 22.9. The van der Waals surface area contributed by atoms with Crippen molar-refractivity contribution in [3.05, 3.63) is 77.4 Å². The first-order valence-electron chi connectivity index (χ1n) is 12.3. The predicted octanol–water partition coefficient (Wildman–Crippen LogP) is 4.69. The lowest BCUT2D eigenvalue weighted by Crippen LogP contribution is -2.11. The highest BCUT2D eigenvalue weighted by Gasteiger charge is 2.18. The van der Waals surface area contributed by atoms with Crippen LogP contribution in [0.3, 0.4) is 0 Å². The van der Waals surface area contributed by atoms with E-state index in [1.807, 2.05) is 24.5 Å². The lowest BCUT2D eigenvalue weighted by Gasteiger charge is -2.17. The molecule has 1 aliphatic rings. The van der Waals surface area contributed by atoms with Gasteiger partial charge >= 0.3 is 0 Å². The molecule has 0 saturated carbocycles. The van der Waals surface area contributed by atoms with Crippen LogP contribution in [0.25, 0.3) is 22.8 Å². The fraction of sp³-hybridized carbons (Fsp3) is 0.321. The summed E-state index contributed by atoms with van der Waals surface area (Å²) >= 11 is 0. The number of nitrogens with zero attached hydrogens (tertiary/aromatic N) is 4. The standard InChI is InChI=1S/C28H31N5O2/c1-35-26-9-6-21(7-10-26)19-33-27-11-8-25(16-24(27)18-31-33)32-14-12-23-15-22(17-30-28(23)32)5-3-2-4-13-29-20-34/h6-7,9-10,12,14-18,20H,2-5,8,11,13,19H2,1H3,(H,29,34). The van der Waals surface area contributed by atoms with Crippen molar-refractivity contribution in [2.75, 3.05) is 13.7 Å². The molecule has 7 heteroatoms. The summed E-state index contributed by atoms with van der Waals surface area (Å²) in [6.07, 6.45) is 15.2. The Morgan fingerprint density at radius 3 is 2.77 bits per heavy atom. The minimum absolute atomic E-state index is 0.751. The topological polar surface area (TPSA) is 74.0 Å². The fourth-order valence-corrected chi connectivity index (χ4v) is 4.78. The number of amides is 1. The number of hydrogen-bond acceptors (Lipinski definition) is 4. The number of aryl methyl sites for hydroxylation is 1. The van der Waals surface area contributed by atoms with Gasteiger partial charge in [-0.2, -0.15) is 5.10 Å². The van der Waals surface area contributed by atoms with Crippen molar-refractivity contribution in [2.24, 2.45) is 0 Å². The molecule has 0 aliphatic heterocycles. The summed E-state index contributed by atoms with van der Waals surface area (Å²) < 4.78 is 9.59. The van der Waals surface area contributed by atoms with Crippen LogP contribution in [0.2, 0.25) is 0 Å². The van der Waals surface area contributed by atoms with Crippen molar-refractivity contribution in [3.8, 4) is 5.75 Å². The van der Waals surface area contributed by atoms with Gasteiger partial charge in [-0.1, -0.05) is 18.6 Å². The Kier molecular flexibility index (Phi) is 6.93. The summed E-state index contributed by atoms with van der Waals surface area (Å²) in [4.78, 5) is 15.1. The molecule has 35 heavy (non-hydrogen) atoms. The average molecular weight is 470 g/mol. The van der Waals surface area contributed by atoms with E-state index in [2.05, 4.69) is 56.2 Å². The third kappa shape index (κ3) is 5.14. The van der Waals surface area contributed by atoms with E-state index in [0.29, 0.717) is 0 Å². The van der Waals surface area contributed by atoms with Crippen molar-refractivity contribution >= 4 is 29.2 Å². The molecule has 1 aliphatic carbocycles. The number of carbonyl (C=O) groups excluding carboxylic acids is 1. The molecular formula is C28H31N5O2. The van der Waals surface area contributed by atoms with E-state index in [4.69, 9.17) is 9.72 Å². The maximum absolute atomic E-state index is 10.3. The Bertz CT molecular complexity index is 1330. The van der Waals surface area contributed by atoms with E-state index in [-0.39, 0.29) is 0 Å². The Morgan fingerprint density at radius 2 is 1.94 bits per heavy atom. The Balaban J connectivity index is 1.28. The van der Waals surface area contributed by atoms with Crippen LogP contribution in [-0.2, 0) is 24.2 Å². The van der Waals surface area contributed by atoms with Crippen molar-refractivity contribution in [3.63, 3.8) is 0 Å². The van der Waals surface area contributed by atoms with Gasteiger partial charge in [-0.15, -0.1) is 0 Å². The number of fused-ring (bicyclic) bond motifs is 2. The van der Waals surface area contributed by atoms with Gasteiger partial charge in [0, 0.05) is 41.3 Å². The molecule has 1 amide bonds. The van der Waals surface area contributed by atoms with Crippen LogP contribution in [0, 0.1) is 0 Å². The number of ether oxygens (including phenoxy) is 1. The average Bonchev–Trinajstić information content (AvgIpc) is 3.50. The van der Waals surface area contributed by atoms with E-state index in [0.717, 1.165) is 69.4 Å². The first-order valence-corrected chi connectivity index (χ1v) is 12.3. The second-order valence-corrected chi connectivity index (χ2v) is 9.01. The number of benzene rings is 1. The zero-order chi connectivity index (χ0) is 24.0. The van der Waals surface area contributed by atoms with Crippen molar-refractivity contribution in [1.29, 1.82) is 0 Å². The highest BCUT2D eigenvalue weighted by Crippen LogP contribution is 2.30. The molecule has 7 nitrogen and oxygen atoms in total. The number of methoxy groups -OCH3 is 1. The van der Waals surface area contributed by atoms with Crippen LogP contribution in [0.5, 0.6) is 5.75 Å². The molecule has 4 aromatic rings. The van der Waals surface area contributed by atoms with E-state index < -0.39 is 0 Å². The van der Waals surface area contributed by atoms with Crippen LogP contribution in [0.4, 0.5) is 0 Å². The molecule has 0 atom stereocenters. The Morgan fingerprint density at radius 1 is 1.06 bits per heavy atom. The van der Waals surface area contributed by atoms with Gasteiger partial charge in [-0.3, -0.25) is 9.48 Å². The lowest BCUT2D eigenvalue weighted by atomic mass is 10.0. The second kappa shape index (κ2) is 10.6. The Hall–Kier alpha value is -3.87. The summed E-state index contributed by atoms with van der Waals surface area (Å²) in [5.41, 5.74) is 7.18. The summed E-state index contributed by atoms with van der Waals surface area (Å²) in [6, 6.07) is 12.6. The predicted molar refractivity (Wildman–Crippen MR) is 138 cm³/mol. The number of hydrogen-bond donors (Lipinski definition) is 1. The number of pyridine rings is 1. The molecule has 0 saturated heterocycles. The van der Waals surface area contributed by atoms with Gasteiger partial charge in [0.25, 0.3) is 0 Å². The summed E-state index contributed by atoms with van der Waals surface area (Å²) in [6.45, 7) is 1.51. The van der Waals surface area contributed by atoms with E-state index in [1.54, 1.807) is 7.11 Å². The summed E-state index contributed by atoms with van der Waals surface area (Å²) in [7, 11) is 1.69. The van der Waals surface area contributed by atoms with Crippen LogP contribution >= 0.6 is 0 Å². The molecule has 0 spiro atoms. The van der Waals surface area contributed by atoms with Gasteiger partial charge in [-0.25, -0.2) is 4.98 Å². The van der Waals surface area contributed by atoms with E-state index >= 15 is 0 Å². The molecule has 5 rings (SSSR count). The molecular weight excluding hydrogens is 438 g/mol. The van der Waals surface area contributed by atoms with Crippen LogP contribution < -0.4 is 10.1 Å². The number of nitrogens with one attached hydrogen (secondary N) is 1. The van der Waals surface area contributed by atoms with Crippen LogP contribution in [0.1, 0.15) is 48.1 Å².